The van der Waals surface area contributed by atoms with Crippen molar-refractivity contribution in [1.82, 2.24) is 15.0 Å². The molecule has 1 spiro atoms. The van der Waals surface area contributed by atoms with Crippen molar-refractivity contribution >= 4 is 5.91 Å². The van der Waals surface area contributed by atoms with Crippen LogP contribution in [-0.4, -0.2) is 46.2 Å². The van der Waals surface area contributed by atoms with E-state index in [2.05, 4.69) is 55.2 Å². The van der Waals surface area contributed by atoms with Gasteiger partial charge in [-0.1, -0.05) is 48.8 Å². The standard InChI is InChI=1S/C24H33N3O3/c1-17(2)23-25-21(26-30-23)14-20-8-13-29-24(16-20)9-11-27(12-10-24)22(28)15-19-6-4-18(3)5-7-19/h4-7,17,20H,8-16H2,1-3H3. The summed E-state index contributed by atoms with van der Waals surface area (Å²) >= 11 is 0. The molecule has 2 aliphatic rings. The number of benzene rings is 1. The number of ether oxygens (including phenoxy) is 1. The summed E-state index contributed by atoms with van der Waals surface area (Å²) in [6.07, 6.45) is 5.19. The Hall–Kier alpha value is -2.21. The van der Waals surface area contributed by atoms with E-state index in [1.54, 1.807) is 0 Å². The Morgan fingerprint density at radius 3 is 2.63 bits per heavy atom. The van der Waals surface area contributed by atoms with Crippen molar-refractivity contribution in [1.29, 1.82) is 0 Å². The number of carbonyl (C=O) groups excluding carboxylic acids is 1. The Bertz CT molecular complexity index is 851. The van der Waals surface area contributed by atoms with Gasteiger partial charge >= 0.3 is 0 Å². The van der Waals surface area contributed by atoms with Crippen molar-refractivity contribution < 1.29 is 14.1 Å². The van der Waals surface area contributed by atoms with E-state index in [9.17, 15) is 4.79 Å². The van der Waals surface area contributed by atoms with Gasteiger partial charge in [0.15, 0.2) is 5.82 Å². The second-order valence-electron chi connectivity index (χ2n) is 9.34. The minimum atomic E-state index is -0.103. The second kappa shape index (κ2) is 8.88. The van der Waals surface area contributed by atoms with Crippen LogP contribution in [0.15, 0.2) is 28.8 Å². The lowest BCUT2D eigenvalue weighted by Gasteiger charge is -2.46. The molecule has 1 unspecified atom stereocenters. The van der Waals surface area contributed by atoms with E-state index in [1.807, 2.05) is 4.90 Å². The van der Waals surface area contributed by atoms with E-state index in [1.165, 1.54) is 5.56 Å². The van der Waals surface area contributed by atoms with E-state index in [4.69, 9.17) is 9.26 Å². The number of carbonyl (C=O) groups is 1. The highest BCUT2D eigenvalue weighted by atomic mass is 16.5. The average Bonchev–Trinajstić information content (AvgIpc) is 3.19. The molecule has 162 valence electrons. The van der Waals surface area contributed by atoms with Crippen molar-refractivity contribution in [3.05, 3.63) is 47.1 Å². The first-order valence-corrected chi connectivity index (χ1v) is 11.2. The number of likely N-dealkylation sites (tertiary alicyclic amines) is 1. The van der Waals surface area contributed by atoms with Gasteiger partial charge in [-0.2, -0.15) is 4.98 Å². The molecule has 1 amide bonds. The van der Waals surface area contributed by atoms with Crippen LogP contribution in [-0.2, 0) is 22.4 Å². The van der Waals surface area contributed by atoms with Crippen LogP contribution in [0.3, 0.4) is 0 Å². The van der Waals surface area contributed by atoms with Gasteiger partial charge in [-0.15, -0.1) is 0 Å². The summed E-state index contributed by atoms with van der Waals surface area (Å²) in [6.45, 7) is 8.52. The molecule has 1 aromatic carbocycles. The Morgan fingerprint density at radius 2 is 1.97 bits per heavy atom. The van der Waals surface area contributed by atoms with Gasteiger partial charge in [0.25, 0.3) is 0 Å². The van der Waals surface area contributed by atoms with E-state index >= 15 is 0 Å². The van der Waals surface area contributed by atoms with Crippen LogP contribution in [0.2, 0.25) is 0 Å². The van der Waals surface area contributed by atoms with Crippen molar-refractivity contribution in [3.63, 3.8) is 0 Å². The Balaban J connectivity index is 1.30. The molecule has 0 radical (unpaired) electrons. The van der Waals surface area contributed by atoms with Crippen LogP contribution in [0.25, 0.3) is 0 Å². The van der Waals surface area contributed by atoms with Crippen LogP contribution in [0.1, 0.15) is 68.3 Å². The molecular weight excluding hydrogens is 378 g/mol. The topological polar surface area (TPSA) is 68.5 Å². The van der Waals surface area contributed by atoms with Gasteiger partial charge < -0.3 is 14.2 Å². The van der Waals surface area contributed by atoms with Crippen LogP contribution < -0.4 is 0 Å². The van der Waals surface area contributed by atoms with Gasteiger partial charge in [0, 0.05) is 32.0 Å². The fourth-order valence-electron chi connectivity index (χ4n) is 4.65. The number of amides is 1. The first kappa shape index (κ1) is 21.0. The van der Waals surface area contributed by atoms with Crippen LogP contribution in [0, 0.1) is 12.8 Å². The van der Waals surface area contributed by atoms with Crippen molar-refractivity contribution in [3.8, 4) is 0 Å². The first-order chi connectivity index (χ1) is 14.4. The maximum absolute atomic E-state index is 12.7. The zero-order chi connectivity index (χ0) is 21.1. The quantitative estimate of drug-likeness (QED) is 0.742. The average molecular weight is 412 g/mol. The third-order valence-corrected chi connectivity index (χ3v) is 6.55. The molecule has 2 aromatic rings. The van der Waals surface area contributed by atoms with Crippen LogP contribution in [0.5, 0.6) is 0 Å². The van der Waals surface area contributed by atoms with E-state index in [0.717, 1.165) is 63.2 Å². The zero-order valence-corrected chi connectivity index (χ0v) is 18.4. The maximum atomic E-state index is 12.7. The zero-order valence-electron chi connectivity index (χ0n) is 18.4. The van der Waals surface area contributed by atoms with Crippen molar-refractivity contribution in [2.24, 2.45) is 5.92 Å². The monoisotopic (exact) mass is 411 g/mol. The van der Waals surface area contributed by atoms with Crippen LogP contribution >= 0.6 is 0 Å². The summed E-state index contributed by atoms with van der Waals surface area (Å²) in [5.74, 6) is 2.51. The summed E-state index contributed by atoms with van der Waals surface area (Å²) < 4.78 is 11.6. The lowest BCUT2D eigenvalue weighted by Crippen LogP contribution is -2.51. The molecule has 30 heavy (non-hydrogen) atoms. The molecule has 0 saturated carbocycles. The van der Waals surface area contributed by atoms with Gasteiger partial charge in [0.05, 0.1) is 12.0 Å². The summed E-state index contributed by atoms with van der Waals surface area (Å²) in [5.41, 5.74) is 2.20. The number of rotatable bonds is 5. The molecule has 0 N–H and O–H groups in total. The number of aromatic nitrogens is 2. The third-order valence-electron chi connectivity index (χ3n) is 6.55. The molecule has 0 aliphatic carbocycles. The Kier molecular flexibility index (Phi) is 6.23. The highest BCUT2D eigenvalue weighted by Crippen LogP contribution is 2.38. The highest BCUT2D eigenvalue weighted by molar-refractivity contribution is 5.78. The summed E-state index contributed by atoms with van der Waals surface area (Å²) in [7, 11) is 0. The lowest BCUT2D eigenvalue weighted by molar-refractivity contribution is -0.146. The number of piperidine rings is 1. The van der Waals surface area contributed by atoms with Gasteiger partial charge in [0.1, 0.15) is 0 Å². The van der Waals surface area contributed by atoms with Crippen LogP contribution in [0.4, 0.5) is 0 Å². The third kappa shape index (κ3) is 4.91. The van der Waals surface area contributed by atoms with E-state index in [-0.39, 0.29) is 17.4 Å². The molecule has 6 nitrogen and oxygen atoms in total. The molecule has 0 bridgehead atoms. The molecule has 2 aliphatic heterocycles. The SMILES string of the molecule is Cc1ccc(CC(=O)N2CCC3(CC2)CC(Cc2noc(C(C)C)n2)CCO3)cc1. The largest absolute Gasteiger partial charge is 0.375 e. The minimum absolute atomic E-state index is 0.103. The predicted octanol–water partition coefficient (Wildman–Crippen LogP) is 4.07. The molecular formula is C24H33N3O3. The fraction of sp³-hybridized carbons (Fsp3) is 0.625. The summed E-state index contributed by atoms with van der Waals surface area (Å²) in [4.78, 5) is 19.3. The molecule has 4 rings (SSSR count). The molecule has 1 atom stereocenters. The Morgan fingerprint density at radius 1 is 1.23 bits per heavy atom. The predicted molar refractivity (Wildman–Crippen MR) is 114 cm³/mol. The number of hydrogen-bond donors (Lipinski definition) is 0. The van der Waals surface area contributed by atoms with Gasteiger partial charge in [-0.05, 0) is 44.1 Å². The van der Waals surface area contributed by atoms with E-state index < -0.39 is 0 Å². The summed E-state index contributed by atoms with van der Waals surface area (Å²) in [6, 6.07) is 8.24. The smallest absolute Gasteiger partial charge is 0.229 e. The van der Waals surface area contributed by atoms with Crippen molar-refractivity contribution in [2.75, 3.05) is 19.7 Å². The number of nitrogens with zero attached hydrogens (tertiary/aromatic N) is 3. The molecule has 3 heterocycles. The Labute approximate surface area is 179 Å². The van der Waals surface area contributed by atoms with Gasteiger partial charge in [-0.3, -0.25) is 4.79 Å². The summed E-state index contributed by atoms with van der Waals surface area (Å²) in [5, 5.41) is 4.17. The van der Waals surface area contributed by atoms with Crippen molar-refractivity contribution in [2.45, 2.75) is 70.8 Å². The van der Waals surface area contributed by atoms with Gasteiger partial charge in [0.2, 0.25) is 11.8 Å². The van der Waals surface area contributed by atoms with Gasteiger partial charge in [-0.25, -0.2) is 0 Å². The lowest BCUT2D eigenvalue weighted by atomic mass is 9.78. The fourth-order valence-corrected chi connectivity index (χ4v) is 4.65. The second-order valence-corrected chi connectivity index (χ2v) is 9.34. The molecule has 6 heteroatoms. The molecule has 2 saturated heterocycles. The number of hydrogen-bond acceptors (Lipinski definition) is 5. The highest BCUT2D eigenvalue weighted by Gasteiger charge is 2.41. The number of aryl methyl sites for hydroxylation is 1. The first-order valence-electron chi connectivity index (χ1n) is 11.2. The minimum Gasteiger partial charge on any atom is -0.375 e. The molecule has 1 aromatic heterocycles. The molecule has 2 fully saturated rings. The van der Waals surface area contributed by atoms with E-state index in [0.29, 0.717) is 18.2 Å². The maximum Gasteiger partial charge on any atom is 0.229 e. The normalized spacial score (nSPS) is 21.3.